The Kier molecular flexibility index (Phi) is 6.75. The molecule has 1 unspecified atom stereocenters. The van der Waals surface area contributed by atoms with Crippen molar-refractivity contribution < 1.29 is 27.8 Å². The number of hydrogen-bond donors (Lipinski definition) is 1. The quantitative estimate of drug-likeness (QED) is 0.503. The van der Waals surface area contributed by atoms with Gasteiger partial charge in [0.05, 0.1) is 17.5 Å². The molecule has 0 aromatic heterocycles. The monoisotopic (exact) mass is 516 g/mol. The molecule has 2 heterocycles. The molecule has 0 radical (unpaired) electrons. The lowest BCUT2D eigenvalue weighted by molar-refractivity contribution is -0.129. The number of nitrogens with one attached hydrogen (secondary N) is 1. The van der Waals surface area contributed by atoms with Crippen LogP contribution in [-0.4, -0.2) is 37.0 Å². The number of hydrogen-bond acceptors (Lipinski definition) is 6. The summed E-state index contributed by atoms with van der Waals surface area (Å²) in [6, 6.07) is 17.7. The first-order valence-corrected chi connectivity index (χ1v) is 11.9. The number of fused-ring (bicyclic) bond motifs is 2. The molecular formula is C28H22F2N4O4. The van der Waals surface area contributed by atoms with Crippen molar-refractivity contribution in [3.05, 3.63) is 89.0 Å². The Bertz CT molecular complexity index is 1500. The molecule has 2 aliphatic rings. The average Bonchev–Trinajstić information content (AvgIpc) is 3.35. The maximum absolute atomic E-state index is 13.6. The Hall–Kier alpha value is -4.78. The summed E-state index contributed by atoms with van der Waals surface area (Å²) in [5, 5.41) is 12.1. The van der Waals surface area contributed by atoms with E-state index in [9.17, 15) is 23.6 Å². The maximum atomic E-state index is 13.6. The second-order valence-corrected chi connectivity index (χ2v) is 8.91. The zero-order chi connectivity index (χ0) is 26.8. The van der Waals surface area contributed by atoms with Gasteiger partial charge >= 0.3 is 0 Å². The summed E-state index contributed by atoms with van der Waals surface area (Å²) in [6.07, 6.45) is -1.22. The maximum Gasteiger partial charge on any atom is 0.273 e. The third kappa shape index (κ3) is 4.78. The van der Waals surface area contributed by atoms with E-state index in [2.05, 4.69) is 10.3 Å². The Morgan fingerprint density at radius 2 is 1.92 bits per heavy atom. The van der Waals surface area contributed by atoms with Gasteiger partial charge in [-0.05, 0) is 48.4 Å². The fraction of sp³-hybridized carbons (Fsp3) is 0.214. The topological polar surface area (TPSA) is 104 Å². The summed E-state index contributed by atoms with van der Waals surface area (Å²) < 4.78 is 37.9. The zero-order valence-corrected chi connectivity index (χ0v) is 20.3. The van der Waals surface area contributed by atoms with Crippen LogP contribution in [0.2, 0.25) is 0 Å². The number of halogens is 2. The molecule has 1 N–H and O–H groups in total. The van der Waals surface area contributed by atoms with Gasteiger partial charge in [0.1, 0.15) is 6.54 Å². The van der Waals surface area contributed by atoms with Gasteiger partial charge in [0, 0.05) is 17.0 Å². The van der Waals surface area contributed by atoms with Crippen molar-refractivity contribution in [2.24, 2.45) is 10.9 Å². The molecule has 5 rings (SSSR count). The first kappa shape index (κ1) is 24.9. The van der Waals surface area contributed by atoms with E-state index in [1.165, 1.54) is 11.0 Å². The van der Waals surface area contributed by atoms with E-state index in [1.807, 2.05) is 6.07 Å². The number of ether oxygens (including phenoxy) is 2. The number of carbonyl (C=O) groups excluding carboxylic acids is 2. The number of anilines is 1. The second-order valence-electron chi connectivity index (χ2n) is 8.91. The van der Waals surface area contributed by atoms with Crippen LogP contribution < -0.4 is 19.7 Å². The number of aliphatic imine (C=N–C) groups is 1. The highest BCUT2D eigenvalue weighted by atomic mass is 19.2. The van der Waals surface area contributed by atoms with Gasteiger partial charge < -0.3 is 14.8 Å². The van der Waals surface area contributed by atoms with Gasteiger partial charge in [-0.25, -0.2) is 13.8 Å². The van der Waals surface area contributed by atoms with Crippen molar-refractivity contribution in [3.8, 4) is 17.6 Å². The lowest BCUT2D eigenvalue weighted by Gasteiger charge is -2.23. The third-order valence-electron chi connectivity index (χ3n) is 6.34. The van der Waals surface area contributed by atoms with Crippen molar-refractivity contribution in [2.75, 3.05) is 18.2 Å². The fourth-order valence-electron chi connectivity index (χ4n) is 4.42. The molecule has 0 fully saturated rings. The summed E-state index contributed by atoms with van der Waals surface area (Å²) in [6.45, 7) is 1.45. The van der Waals surface area contributed by atoms with Gasteiger partial charge in [-0.15, -0.1) is 0 Å². The highest BCUT2D eigenvalue weighted by Gasteiger charge is 2.34. The fourth-order valence-corrected chi connectivity index (χ4v) is 4.42. The first-order valence-electron chi connectivity index (χ1n) is 11.9. The molecule has 3 aromatic carbocycles. The van der Waals surface area contributed by atoms with E-state index < -0.39 is 35.5 Å². The molecule has 192 valence electrons. The van der Waals surface area contributed by atoms with Crippen LogP contribution in [0.1, 0.15) is 23.6 Å². The van der Waals surface area contributed by atoms with Crippen molar-refractivity contribution in [1.82, 2.24) is 5.32 Å². The van der Waals surface area contributed by atoms with Gasteiger partial charge in [-0.3, -0.25) is 14.5 Å². The molecular weight excluding hydrogens is 494 g/mol. The highest BCUT2D eigenvalue weighted by Crippen LogP contribution is 2.35. The van der Waals surface area contributed by atoms with Gasteiger partial charge in [0.15, 0.2) is 23.1 Å². The molecule has 8 nitrogen and oxygen atoms in total. The number of nitriles is 1. The predicted octanol–water partition coefficient (Wildman–Crippen LogP) is 3.72. The molecule has 2 amide bonds. The van der Waals surface area contributed by atoms with Gasteiger partial charge in [-0.2, -0.15) is 5.26 Å². The Balaban J connectivity index is 1.50. The molecule has 38 heavy (non-hydrogen) atoms. The predicted molar refractivity (Wildman–Crippen MR) is 134 cm³/mol. The van der Waals surface area contributed by atoms with Crippen LogP contribution in [0.15, 0.2) is 65.7 Å². The Labute approximate surface area is 217 Å². The molecule has 3 aromatic rings. The van der Waals surface area contributed by atoms with E-state index in [-0.39, 0.29) is 19.8 Å². The van der Waals surface area contributed by atoms with Crippen LogP contribution in [0.5, 0.6) is 11.5 Å². The smallest absolute Gasteiger partial charge is 0.273 e. The van der Waals surface area contributed by atoms with Crippen LogP contribution >= 0.6 is 0 Å². The van der Waals surface area contributed by atoms with E-state index in [0.29, 0.717) is 39.6 Å². The van der Waals surface area contributed by atoms with E-state index in [4.69, 9.17) is 9.47 Å². The van der Waals surface area contributed by atoms with Crippen molar-refractivity contribution >= 4 is 23.2 Å². The minimum Gasteiger partial charge on any atom is -0.454 e. The summed E-state index contributed by atoms with van der Waals surface area (Å²) in [5.74, 6) is -2.66. The molecule has 0 aliphatic carbocycles. The molecule has 0 saturated carbocycles. The number of benzodiazepines with no additional fused rings is 1. The number of amides is 2. The van der Waals surface area contributed by atoms with E-state index >= 15 is 0 Å². The molecule has 10 heteroatoms. The molecule has 0 bridgehead atoms. The minimum absolute atomic E-state index is 0.0881. The summed E-state index contributed by atoms with van der Waals surface area (Å²) in [4.78, 5) is 32.7. The molecule has 2 aliphatic heterocycles. The highest BCUT2D eigenvalue weighted by molar-refractivity contribution is 6.20. The number of carbonyl (C=O) groups is 2. The second kappa shape index (κ2) is 10.3. The third-order valence-corrected chi connectivity index (χ3v) is 6.34. The SMILES string of the molecule is C[C@@H](Cc1ccc(F)c(F)c1)C(=O)NC1N=C(c2ccc3c(c2)OCO3)c2ccccc2N(CC#N)C1=O. The summed E-state index contributed by atoms with van der Waals surface area (Å²) >= 11 is 0. The minimum atomic E-state index is -1.34. The van der Waals surface area contributed by atoms with Gasteiger partial charge in [-0.1, -0.05) is 31.2 Å². The largest absolute Gasteiger partial charge is 0.454 e. The normalized spacial score (nSPS) is 16.7. The number of para-hydroxylation sites is 1. The van der Waals surface area contributed by atoms with Crippen molar-refractivity contribution in [2.45, 2.75) is 19.5 Å². The van der Waals surface area contributed by atoms with Gasteiger partial charge in [0.2, 0.25) is 18.9 Å². The number of rotatable bonds is 6. The summed E-state index contributed by atoms with van der Waals surface area (Å²) in [5.41, 5.74) is 2.55. The zero-order valence-electron chi connectivity index (χ0n) is 20.3. The van der Waals surface area contributed by atoms with Crippen LogP contribution in [0, 0.1) is 28.9 Å². The van der Waals surface area contributed by atoms with Crippen LogP contribution in [0.3, 0.4) is 0 Å². The van der Waals surface area contributed by atoms with Crippen LogP contribution in [-0.2, 0) is 16.0 Å². The molecule has 2 atom stereocenters. The molecule has 0 saturated heterocycles. The van der Waals surface area contributed by atoms with E-state index in [1.54, 1.807) is 49.4 Å². The van der Waals surface area contributed by atoms with Crippen LogP contribution in [0.25, 0.3) is 0 Å². The lowest BCUT2D eigenvalue weighted by Crippen LogP contribution is -2.49. The number of benzene rings is 3. The Morgan fingerprint density at radius 1 is 1.13 bits per heavy atom. The summed E-state index contributed by atoms with van der Waals surface area (Å²) in [7, 11) is 0. The molecule has 0 spiro atoms. The average molecular weight is 517 g/mol. The van der Waals surface area contributed by atoms with Crippen LogP contribution in [0.4, 0.5) is 14.5 Å². The Morgan fingerprint density at radius 3 is 2.71 bits per heavy atom. The van der Waals surface area contributed by atoms with Crippen molar-refractivity contribution in [3.63, 3.8) is 0 Å². The van der Waals surface area contributed by atoms with Gasteiger partial charge in [0.25, 0.3) is 5.91 Å². The van der Waals surface area contributed by atoms with E-state index in [0.717, 1.165) is 12.1 Å². The standard InChI is InChI=1S/C28H22F2N4O4/c1-16(12-17-6-8-20(29)21(30)13-17)27(35)33-26-28(36)34(11-10-31)22-5-3-2-4-19(22)25(32-26)18-7-9-23-24(14-18)38-15-37-23/h2-9,13-14,16,26H,11-12,15H2,1H3,(H,33,35)/t16-,26?/m0/s1. The first-order chi connectivity index (χ1) is 18.4. The van der Waals surface area contributed by atoms with Crippen molar-refractivity contribution in [1.29, 1.82) is 5.26 Å². The number of nitrogens with zero attached hydrogens (tertiary/aromatic N) is 3. The lowest BCUT2D eigenvalue weighted by atomic mass is 9.99.